The first-order valence-electron chi connectivity index (χ1n) is 14.2. The SMILES string of the molecule is Cc1ccc(-c2ccc(N3CCN(C)CC3)nc2)c(C(=O)N2CCC[C@H](C)[C@@H]2CNc2ccc(C(F)(F)F)cn2)c1. The maximum atomic E-state index is 14.1. The number of nitrogens with zero attached hydrogens (tertiary/aromatic N) is 5. The van der Waals surface area contributed by atoms with Crippen molar-refractivity contribution in [3.63, 3.8) is 0 Å². The van der Waals surface area contributed by atoms with E-state index in [-0.39, 0.29) is 17.9 Å². The van der Waals surface area contributed by atoms with E-state index in [1.54, 1.807) is 0 Å². The highest BCUT2D eigenvalue weighted by Crippen LogP contribution is 2.32. The number of benzene rings is 1. The third kappa shape index (κ3) is 6.64. The molecule has 1 aromatic carbocycles. The molecule has 0 spiro atoms. The van der Waals surface area contributed by atoms with Gasteiger partial charge in [0.1, 0.15) is 11.6 Å². The molecule has 5 rings (SSSR count). The average molecular weight is 567 g/mol. The standard InChI is InChI=1S/C31H37F3N6O/c1-21-6-9-25(23-7-11-29(37-18-23)39-15-13-38(3)14-16-39)26(17-21)30(41)40-12-4-5-22(2)27(40)20-36-28-10-8-24(19-35-28)31(32,33)34/h6-11,17-19,22,27H,4-5,12-16,20H2,1-3H3,(H,35,36)/t22-,27-/m0/s1. The Labute approximate surface area is 239 Å². The molecule has 4 heterocycles. The summed E-state index contributed by atoms with van der Waals surface area (Å²) in [7, 11) is 2.12. The fraction of sp³-hybridized carbons (Fsp3) is 0.452. The molecule has 7 nitrogen and oxygen atoms in total. The lowest BCUT2D eigenvalue weighted by Crippen LogP contribution is -2.51. The monoisotopic (exact) mass is 566 g/mol. The normalized spacial score (nSPS) is 20.2. The van der Waals surface area contributed by atoms with Gasteiger partial charge < -0.3 is 20.0 Å². The van der Waals surface area contributed by atoms with Crippen molar-refractivity contribution in [2.24, 2.45) is 5.92 Å². The number of carbonyl (C=O) groups is 1. The van der Waals surface area contributed by atoms with Gasteiger partial charge in [-0.2, -0.15) is 13.2 Å². The van der Waals surface area contributed by atoms with Crippen LogP contribution in [0.2, 0.25) is 0 Å². The summed E-state index contributed by atoms with van der Waals surface area (Å²) in [5, 5.41) is 3.17. The fourth-order valence-electron chi connectivity index (χ4n) is 5.70. The first-order chi connectivity index (χ1) is 19.6. The van der Waals surface area contributed by atoms with Crippen LogP contribution in [-0.4, -0.2) is 78.0 Å². The van der Waals surface area contributed by atoms with Crippen LogP contribution in [0.4, 0.5) is 24.8 Å². The van der Waals surface area contributed by atoms with E-state index >= 15 is 0 Å². The summed E-state index contributed by atoms with van der Waals surface area (Å²) in [6, 6.07) is 12.2. The van der Waals surface area contributed by atoms with E-state index in [0.717, 1.165) is 73.8 Å². The molecule has 1 N–H and O–H groups in total. The summed E-state index contributed by atoms with van der Waals surface area (Å²) in [5.41, 5.74) is 2.56. The quantitative estimate of drug-likeness (QED) is 0.421. The van der Waals surface area contributed by atoms with E-state index in [4.69, 9.17) is 4.98 Å². The minimum Gasteiger partial charge on any atom is -0.368 e. The Morgan fingerprint density at radius 3 is 2.44 bits per heavy atom. The van der Waals surface area contributed by atoms with Crippen LogP contribution in [0.15, 0.2) is 54.9 Å². The minimum absolute atomic E-state index is 0.0504. The number of nitrogens with one attached hydrogen (secondary N) is 1. The number of piperazine rings is 1. The van der Waals surface area contributed by atoms with Gasteiger partial charge in [0.05, 0.1) is 11.6 Å². The van der Waals surface area contributed by atoms with Gasteiger partial charge in [0.2, 0.25) is 0 Å². The number of likely N-dealkylation sites (tertiary alicyclic amines) is 1. The van der Waals surface area contributed by atoms with E-state index in [9.17, 15) is 18.0 Å². The number of halogens is 3. The summed E-state index contributed by atoms with van der Waals surface area (Å²) in [4.78, 5) is 29.3. The van der Waals surface area contributed by atoms with Gasteiger partial charge >= 0.3 is 6.18 Å². The predicted molar refractivity (Wildman–Crippen MR) is 155 cm³/mol. The first kappa shape index (κ1) is 28.9. The smallest absolute Gasteiger partial charge is 0.368 e. The van der Waals surface area contributed by atoms with Crippen LogP contribution in [0.1, 0.15) is 41.3 Å². The van der Waals surface area contributed by atoms with Crippen LogP contribution in [-0.2, 0) is 6.18 Å². The maximum absolute atomic E-state index is 14.1. The highest BCUT2D eigenvalue weighted by atomic mass is 19.4. The summed E-state index contributed by atoms with van der Waals surface area (Å²) in [5.74, 6) is 1.46. The Hall–Kier alpha value is -3.66. The fourth-order valence-corrected chi connectivity index (χ4v) is 5.70. The molecule has 0 bridgehead atoms. The highest BCUT2D eigenvalue weighted by Gasteiger charge is 2.34. The number of pyridine rings is 2. The van der Waals surface area contributed by atoms with Gasteiger partial charge in [-0.05, 0) is 68.6 Å². The van der Waals surface area contributed by atoms with Crippen molar-refractivity contribution in [2.45, 2.75) is 38.9 Å². The van der Waals surface area contributed by atoms with Crippen molar-refractivity contribution >= 4 is 17.5 Å². The molecule has 1 amide bonds. The summed E-state index contributed by atoms with van der Waals surface area (Å²) in [6.45, 7) is 8.97. The number of anilines is 2. The lowest BCUT2D eigenvalue weighted by Gasteiger charge is -2.40. The van der Waals surface area contributed by atoms with E-state index in [0.29, 0.717) is 24.5 Å². The van der Waals surface area contributed by atoms with Gasteiger partial charge in [0.15, 0.2) is 0 Å². The number of aryl methyl sites for hydroxylation is 1. The molecule has 0 radical (unpaired) electrons. The highest BCUT2D eigenvalue weighted by molar-refractivity contribution is 6.01. The zero-order valence-corrected chi connectivity index (χ0v) is 23.8. The number of aromatic nitrogens is 2. The van der Waals surface area contributed by atoms with Crippen molar-refractivity contribution in [3.05, 3.63) is 71.5 Å². The third-order valence-corrected chi connectivity index (χ3v) is 8.25. The number of piperidine rings is 1. The number of hydrogen-bond acceptors (Lipinski definition) is 6. The Balaban J connectivity index is 1.35. The molecule has 0 aliphatic carbocycles. The maximum Gasteiger partial charge on any atom is 0.417 e. The van der Waals surface area contributed by atoms with Gasteiger partial charge in [0.25, 0.3) is 5.91 Å². The van der Waals surface area contributed by atoms with Crippen molar-refractivity contribution in [3.8, 4) is 11.1 Å². The topological polar surface area (TPSA) is 64.6 Å². The molecule has 10 heteroatoms. The molecule has 2 aliphatic heterocycles. The largest absolute Gasteiger partial charge is 0.417 e. The summed E-state index contributed by atoms with van der Waals surface area (Å²) < 4.78 is 38.8. The van der Waals surface area contributed by atoms with Crippen LogP contribution in [0.5, 0.6) is 0 Å². The van der Waals surface area contributed by atoms with Crippen LogP contribution in [0.3, 0.4) is 0 Å². The lowest BCUT2D eigenvalue weighted by atomic mass is 9.89. The summed E-state index contributed by atoms with van der Waals surface area (Å²) >= 11 is 0. The second-order valence-corrected chi connectivity index (χ2v) is 11.2. The molecule has 2 atom stereocenters. The number of amides is 1. The predicted octanol–water partition coefficient (Wildman–Crippen LogP) is 5.58. The molecule has 3 aromatic rings. The van der Waals surface area contributed by atoms with E-state index in [2.05, 4.69) is 34.1 Å². The molecule has 2 aromatic heterocycles. The van der Waals surface area contributed by atoms with E-state index < -0.39 is 11.7 Å². The van der Waals surface area contributed by atoms with Crippen molar-refractivity contribution in [2.75, 3.05) is 56.5 Å². The minimum atomic E-state index is -4.43. The van der Waals surface area contributed by atoms with Gasteiger partial charge in [-0.3, -0.25) is 4.79 Å². The third-order valence-electron chi connectivity index (χ3n) is 8.25. The van der Waals surface area contributed by atoms with Crippen LogP contribution >= 0.6 is 0 Å². The van der Waals surface area contributed by atoms with E-state index in [1.807, 2.05) is 48.4 Å². The Morgan fingerprint density at radius 2 is 1.78 bits per heavy atom. The van der Waals surface area contributed by atoms with Crippen LogP contribution in [0.25, 0.3) is 11.1 Å². The number of hydrogen-bond donors (Lipinski definition) is 1. The van der Waals surface area contributed by atoms with Gasteiger partial charge in [-0.15, -0.1) is 0 Å². The number of likely N-dealkylation sites (N-methyl/N-ethyl adjacent to an activating group) is 1. The molecule has 41 heavy (non-hydrogen) atoms. The molecule has 2 fully saturated rings. The molecule has 0 saturated carbocycles. The average Bonchev–Trinajstić information content (AvgIpc) is 2.96. The first-order valence-corrected chi connectivity index (χ1v) is 14.2. The Kier molecular flexibility index (Phi) is 8.49. The lowest BCUT2D eigenvalue weighted by molar-refractivity contribution is -0.137. The molecule has 2 aliphatic rings. The van der Waals surface area contributed by atoms with Gasteiger partial charge in [0, 0.05) is 62.8 Å². The van der Waals surface area contributed by atoms with Crippen molar-refractivity contribution in [1.82, 2.24) is 19.8 Å². The molecule has 218 valence electrons. The zero-order valence-electron chi connectivity index (χ0n) is 23.8. The molecule has 0 unspecified atom stereocenters. The zero-order chi connectivity index (χ0) is 29.1. The number of rotatable bonds is 6. The molecule has 2 saturated heterocycles. The Bertz CT molecular complexity index is 1340. The van der Waals surface area contributed by atoms with E-state index in [1.165, 1.54) is 6.07 Å². The van der Waals surface area contributed by atoms with Crippen LogP contribution in [0, 0.1) is 12.8 Å². The number of carbonyl (C=O) groups excluding carboxylic acids is 1. The van der Waals surface area contributed by atoms with Gasteiger partial charge in [-0.1, -0.05) is 24.6 Å². The molecular formula is C31H37F3N6O. The Morgan fingerprint density at radius 1 is 1.00 bits per heavy atom. The second kappa shape index (κ2) is 12.1. The van der Waals surface area contributed by atoms with Crippen molar-refractivity contribution < 1.29 is 18.0 Å². The van der Waals surface area contributed by atoms with Gasteiger partial charge in [-0.25, -0.2) is 9.97 Å². The number of alkyl halides is 3. The summed E-state index contributed by atoms with van der Waals surface area (Å²) in [6.07, 6.45) is 0.110. The van der Waals surface area contributed by atoms with Crippen molar-refractivity contribution in [1.29, 1.82) is 0 Å². The van der Waals surface area contributed by atoms with Crippen LogP contribution < -0.4 is 10.2 Å². The second-order valence-electron chi connectivity index (χ2n) is 11.2. The molecular weight excluding hydrogens is 529 g/mol.